The maximum atomic E-state index is 5.51. The second-order valence-corrected chi connectivity index (χ2v) is 5.03. The van der Waals surface area contributed by atoms with E-state index in [0.29, 0.717) is 0 Å². The van der Waals surface area contributed by atoms with Crippen LogP contribution in [0.5, 0.6) is 5.75 Å². The number of nitrogens with one attached hydrogen (secondary N) is 1. The lowest BCUT2D eigenvalue weighted by Gasteiger charge is -2.22. The SMILES string of the molecule is CCCNC(c1cnccc1C)c1c(OC)cnn1CC. The number of nitrogens with zero attached hydrogens (tertiary/aromatic N) is 3. The Morgan fingerprint density at radius 1 is 1.33 bits per heavy atom. The van der Waals surface area contributed by atoms with Crippen molar-refractivity contribution in [1.82, 2.24) is 20.1 Å². The minimum absolute atomic E-state index is 0.0380. The highest BCUT2D eigenvalue weighted by Gasteiger charge is 2.24. The summed E-state index contributed by atoms with van der Waals surface area (Å²) in [6.45, 7) is 8.09. The number of aryl methyl sites for hydroxylation is 2. The molecule has 21 heavy (non-hydrogen) atoms. The van der Waals surface area contributed by atoms with Gasteiger partial charge >= 0.3 is 0 Å². The van der Waals surface area contributed by atoms with Gasteiger partial charge in [-0.2, -0.15) is 5.10 Å². The summed E-state index contributed by atoms with van der Waals surface area (Å²) in [5.74, 6) is 0.814. The molecular formula is C16H24N4O. The van der Waals surface area contributed by atoms with E-state index in [-0.39, 0.29) is 6.04 Å². The maximum absolute atomic E-state index is 5.51. The molecule has 5 heteroatoms. The van der Waals surface area contributed by atoms with E-state index >= 15 is 0 Å². The van der Waals surface area contributed by atoms with Crippen LogP contribution in [0, 0.1) is 6.92 Å². The molecule has 0 amide bonds. The maximum Gasteiger partial charge on any atom is 0.161 e. The average Bonchev–Trinajstić information content (AvgIpc) is 2.92. The number of hydrogen-bond donors (Lipinski definition) is 1. The zero-order chi connectivity index (χ0) is 15.2. The van der Waals surface area contributed by atoms with Gasteiger partial charge in [0.1, 0.15) is 5.69 Å². The number of methoxy groups -OCH3 is 1. The van der Waals surface area contributed by atoms with E-state index < -0.39 is 0 Å². The van der Waals surface area contributed by atoms with Gasteiger partial charge in [-0.15, -0.1) is 0 Å². The quantitative estimate of drug-likeness (QED) is 0.851. The van der Waals surface area contributed by atoms with Gasteiger partial charge in [0, 0.05) is 18.9 Å². The van der Waals surface area contributed by atoms with E-state index in [1.165, 1.54) is 11.1 Å². The smallest absolute Gasteiger partial charge is 0.161 e. The molecule has 0 aromatic carbocycles. The number of rotatable bonds is 7. The highest BCUT2D eigenvalue weighted by molar-refractivity contribution is 5.38. The van der Waals surface area contributed by atoms with Gasteiger partial charge in [0.15, 0.2) is 5.75 Å². The van der Waals surface area contributed by atoms with E-state index in [4.69, 9.17) is 4.74 Å². The molecule has 2 rings (SSSR count). The van der Waals surface area contributed by atoms with Crippen LogP contribution >= 0.6 is 0 Å². The molecule has 0 radical (unpaired) electrons. The fraction of sp³-hybridized carbons (Fsp3) is 0.500. The van der Waals surface area contributed by atoms with Gasteiger partial charge in [0.2, 0.25) is 0 Å². The molecule has 0 fully saturated rings. The van der Waals surface area contributed by atoms with Crippen LogP contribution in [0.25, 0.3) is 0 Å². The second kappa shape index (κ2) is 7.22. The predicted octanol–water partition coefficient (Wildman–Crippen LogP) is 2.70. The molecule has 0 bridgehead atoms. The van der Waals surface area contributed by atoms with Gasteiger partial charge in [-0.05, 0) is 44.0 Å². The lowest BCUT2D eigenvalue weighted by Crippen LogP contribution is -2.27. The Morgan fingerprint density at radius 3 is 2.76 bits per heavy atom. The summed E-state index contributed by atoms with van der Waals surface area (Å²) in [6.07, 6.45) is 6.60. The van der Waals surface area contributed by atoms with Crippen LogP contribution in [-0.4, -0.2) is 28.4 Å². The Bertz CT molecular complexity index is 558. The molecule has 0 saturated carbocycles. The minimum Gasteiger partial charge on any atom is -0.493 e. The largest absolute Gasteiger partial charge is 0.493 e. The first-order valence-electron chi connectivity index (χ1n) is 7.46. The molecular weight excluding hydrogens is 264 g/mol. The molecule has 1 atom stereocenters. The Morgan fingerprint density at radius 2 is 2.14 bits per heavy atom. The number of pyridine rings is 1. The highest BCUT2D eigenvalue weighted by Crippen LogP contribution is 2.31. The summed E-state index contributed by atoms with van der Waals surface area (Å²) in [4.78, 5) is 4.28. The normalized spacial score (nSPS) is 12.4. The Kier molecular flexibility index (Phi) is 5.33. The minimum atomic E-state index is 0.0380. The summed E-state index contributed by atoms with van der Waals surface area (Å²) in [6, 6.07) is 2.07. The standard InChI is InChI=1S/C16H24N4O/c1-5-8-18-15(13-10-17-9-7-12(13)3)16-14(21-4)11-19-20(16)6-2/h7,9-11,15,18H,5-6,8H2,1-4H3. The van der Waals surface area contributed by atoms with Crippen LogP contribution in [0.2, 0.25) is 0 Å². The third-order valence-electron chi connectivity index (χ3n) is 3.63. The lowest BCUT2D eigenvalue weighted by molar-refractivity contribution is 0.398. The first-order valence-corrected chi connectivity index (χ1v) is 7.46. The molecule has 1 unspecified atom stereocenters. The molecule has 0 aliphatic heterocycles. The molecule has 2 aromatic heterocycles. The molecule has 114 valence electrons. The third-order valence-corrected chi connectivity index (χ3v) is 3.63. The predicted molar refractivity (Wildman–Crippen MR) is 83.6 cm³/mol. The van der Waals surface area contributed by atoms with Crippen LogP contribution in [-0.2, 0) is 6.54 Å². The van der Waals surface area contributed by atoms with Crippen LogP contribution in [0.15, 0.2) is 24.7 Å². The van der Waals surface area contributed by atoms with Crippen LogP contribution < -0.4 is 10.1 Å². The summed E-state index contributed by atoms with van der Waals surface area (Å²) >= 11 is 0. The molecule has 2 heterocycles. The Labute approximate surface area is 126 Å². The van der Waals surface area contributed by atoms with Gasteiger partial charge in [-0.1, -0.05) is 6.92 Å². The summed E-state index contributed by atoms with van der Waals surface area (Å²) < 4.78 is 7.49. The number of aromatic nitrogens is 3. The Balaban J connectivity index is 2.50. The van der Waals surface area contributed by atoms with E-state index in [1.807, 2.05) is 23.1 Å². The summed E-state index contributed by atoms with van der Waals surface area (Å²) in [5, 5.41) is 8.02. The van der Waals surface area contributed by atoms with Crippen molar-refractivity contribution in [2.75, 3.05) is 13.7 Å². The van der Waals surface area contributed by atoms with E-state index in [1.54, 1.807) is 13.3 Å². The van der Waals surface area contributed by atoms with E-state index in [0.717, 1.165) is 31.0 Å². The van der Waals surface area contributed by atoms with E-state index in [2.05, 4.69) is 36.2 Å². The van der Waals surface area contributed by atoms with Crippen molar-refractivity contribution in [3.8, 4) is 5.75 Å². The van der Waals surface area contributed by atoms with Gasteiger partial charge in [-0.3, -0.25) is 9.67 Å². The Hall–Kier alpha value is -1.88. The van der Waals surface area contributed by atoms with Gasteiger partial charge < -0.3 is 10.1 Å². The molecule has 0 aliphatic rings. The van der Waals surface area contributed by atoms with Crippen LogP contribution in [0.1, 0.15) is 43.1 Å². The van der Waals surface area contributed by atoms with Gasteiger partial charge in [-0.25, -0.2) is 0 Å². The van der Waals surface area contributed by atoms with Crippen molar-refractivity contribution in [1.29, 1.82) is 0 Å². The first-order chi connectivity index (χ1) is 10.2. The van der Waals surface area contributed by atoms with Crippen molar-refractivity contribution < 1.29 is 4.74 Å². The monoisotopic (exact) mass is 288 g/mol. The fourth-order valence-corrected chi connectivity index (χ4v) is 2.50. The molecule has 2 aromatic rings. The number of hydrogen-bond acceptors (Lipinski definition) is 4. The highest BCUT2D eigenvalue weighted by atomic mass is 16.5. The van der Waals surface area contributed by atoms with E-state index in [9.17, 15) is 0 Å². The molecule has 5 nitrogen and oxygen atoms in total. The molecule has 0 saturated heterocycles. The van der Waals surface area contributed by atoms with Crippen molar-refractivity contribution >= 4 is 0 Å². The van der Waals surface area contributed by atoms with Crippen molar-refractivity contribution in [2.24, 2.45) is 0 Å². The molecule has 0 aliphatic carbocycles. The number of ether oxygens (including phenoxy) is 1. The van der Waals surface area contributed by atoms with Crippen molar-refractivity contribution in [3.63, 3.8) is 0 Å². The zero-order valence-corrected chi connectivity index (χ0v) is 13.3. The van der Waals surface area contributed by atoms with Gasteiger partial charge in [0.25, 0.3) is 0 Å². The second-order valence-electron chi connectivity index (χ2n) is 5.03. The van der Waals surface area contributed by atoms with Gasteiger partial charge in [0.05, 0.1) is 19.3 Å². The summed E-state index contributed by atoms with van der Waals surface area (Å²) in [7, 11) is 1.69. The average molecular weight is 288 g/mol. The summed E-state index contributed by atoms with van der Waals surface area (Å²) in [5.41, 5.74) is 3.44. The topological polar surface area (TPSA) is 52.0 Å². The molecule has 1 N–H and O–H groups in total. The fourth-order valence-electron chi connectivity index (χ4n) is 2.50. The first kappa shape index (κ1) is 15.5. The van der Waals surface area contributed by atoms with Crippen LogP contribution in [0.4, 0.5) is 0 Å². The third kappa shape index (κ3) is 3.24. The van der Waals surface area contributed by atoms with Crippen molar-refractivity contribution in [2.45, 2.75) is 39.8 Å². The van der Waals surface area contributed by atoms with Crippen LogP contribution in [0.3, 0.4) is 0 Å². The van der Waals surface area contributed by atoms with Crippen molar-refractivity contribution in [3.05, 3.63) is 41.5 Å². The lowest BCUT2D eigenvalue weighted by atomic mass is 10.00. The molecule has 0 spiro atoms. The zero-order valence-electron chi connectivity index (χ0n) is 13.3.